The van der Waals surface area contributed by atoms with Crippen molar-refractivity contribution < 1.29 is 18.9 Å². The van der Waals surface area contributed by atoms with E-state index in [1.54, 1.807) is 14.2 Å². The molecule has 0 aromatic heterocycles. The molecule has 0 N–H and O–H groups in total. The zero-order valence-corrected chi connectivity index (χ0v) is 9.56. The fourth-order valence-electron chi connectivity index (χ4n) is 1.68. The average Bonchev–Trinajstić information content (AvgIpc) is 2.39. The molecule has 1 aliphatic heterocycles. The second-order valence-electron chi connectivity index (χ2n) is 3.53. The number of benzene rings is 1. The Bertz CT molecular complexity index is 345. The lowest BCUT2D eigenvalue weighted by Gasteiger charge is -2.25. The molecule has 0 radical (unpaired) electrons. The molecule has 1 saturated heterocycles. The minimum Gasteiger partial charge on any atom is -0.497 e. The first-order valence-corrected chi connectivity index (χ1v) is 5.30. The first-order chi connectivity index (χ1) is 7.85. The summed E-state index contributed by atoms with van der Waals surface area (Å²) >= 11 is 0. The molecule has 1 aliphatic rings. The molecular formula is C12H16O4. The lowest BCUT2D eigenvalue weighted by atomic mass is 10.1. The number of methoxy groups -OCH3 is 2. The molecule has 16 heavy (non-hydrogen) atoms. The van der Waals surface area contributed by atoms with E-state index in [1.807, 2.05) is 18.2 Å². The number of hydrogen-bond donors (Lipinski definition) is 0. The van der Waals surface area contributed by atoms with Crippen LogP contribution in [0.25, 0.3) is 0 Å². The molecule has 0 aliphatic carbocycles. The van der Waals surface area contributed by atoms with Gasteiger partial charge in [-0.05, 0) is 18.6 Å². The van der Waals surface area contributed by atoms with Crippen molar-refractivity contribution in [2.24, 2.45) is 0 Å². The first-order valence-electron chi connectivity index (χ1n) is 5.30. The first kappa shape index (κ1) is 11.2. The van der Waals surface area contributed by atoms with Gasteiger partial charge in [-0.25, -0.2) is 0 Å². The standard InChI is InChI=1S/C12H16O4/c1-13-9-4-5-10(11(8-9)14-2)12-15-6-3-7-16-12/h4-5,8,12H,3,6-7H2,1-2H3. The summed E-state index contributed by atoms with van der Waals surface area (Å²) in [5.74, 6) is 1.49. The molecule has 88 valence electrons. The molecule has 1 fully saturated rings. The zero-order chi connectivity index (χ0) is 11.4. The maximum Gasteiger partial charge on any atom is 0.187 e. The van der Waals surface area contributed by atoms with E-state index >= 15 is 0 Å². The van der Waals surface area contributed by atoms with Crippen LogP contribution >= 0.6 is 0 Å². The van der Waals surface area contributed by atoms with Crippen LogP contribution in [0.2, 0.25) is 0 Å². The fourth-order valence-corrected chi connectivity index (χ4v) is 1.68. The third-order valence-electron chi connectivity index (χ3n) is 2.52. The maximum atomic E-state index is 5.54. The smallest absolute Gasteiger partial charge is 0.187 e. The second-order valence-corrected chi connectivity index (χ2v) is 3.53. The summed E-state index contributed by atoms with van der Waals surface area (Å²) in [5.41, 5.74) is 0.906. The Morgan fingerprint density at radius 1 is 1.12 bits per heavy atom. The van der Waals surface area contributed by atoms with Crippen LogP contribution in [-0.2, 0) is 9.47 Å². The molecule has 0 amide bonds. The van der Waals surface area contributed by atoms with Crippen molar-refractivity contribution >= 4 is 0 Å². The molecule has 0 spiro atoms. The molecule has 0 unspecified atom stereocenters. The molecule has 1 heterocycles. The molecule has 4 nitrogen and oxygen atoms in total. The van der Waals surface area contributed by atoms with Gasteiger partial charge < -0.3 is 18.9 Å². The summed E-state index contributed by atoms with van der Waals surface area (Å²) in [7, 11) is 3.25. The van der Waals surface area contributed by atoms with Gasteiger partial charge in [-0.15, -0.1) is 0 Å². The zero-order valence-electron chi connectivity index (χ0n) is 9.56. The summed E-state index contributed by atoms with van der Waals surface area (Å²) in [6, 6.07) is 5.61. The summed E-state index contributed by atoms with van der Waals surface area (Å²) in [4.78, 5) is 0. The second kappa shape index (κ2) is 5.18. The van der Waals surface area contributed by atoms with E-state index in [2.05, 4.69) is 0 Å². The molecule has 4 heteroatoms. The molecule has 2 rings (SSSR count). The summed E-state index contributed by atoms with van der Waals surface area (Å²) in [6.45, 7) is 1.44. The van der Waals surface area contributed by atoms with Crippen molar-refractivity contribution in [3.63, 3.8) is 0 Å². The predicted molar refractivity (Wildman–Crippen MR) is 58.8 cm³/mol. The van der Waals surface area contributed by atoms with Crippen LogP contribution in [0, 0.1) is 0 Å². The normalized spacial score (nSPS) is 17.1. The van der Waals surface area contributed by atoms with Crippen LogP contribution in [-0.4, -0.2) is 27.4 Å². The molecule has 1 aromatic rings. The Morgan fingerprint density at radius 2 is 1.88 bits per heavy atom. The van der Waals surface area contributed by atoms with Crippen molar-refractivity contribution in [1.82, 2.24) is 0 Å². The average molecular weight is 224 g/mol. The summed E-state index contributed by atoms with van der Waals surface area (Å²) in [6.07, 6.45) is 0.615. The van der Waals surface area contributed by atoms with E-state index in [9.17, 15) is 0 Å². The van der Waals surface area contributed by atoms with Crippen molar-refractivity contribution in [2.75, 3.05) is 27.4 Å². The highest BCUT2D eigenvalue weighted by Gasteiger charge is 2.20. The topological polar surface area (TPSA) is 36.9 Å². The van der Waals surface area contributed by atoms with Gasteiger partial charge in [0.1, 0.15) is 11.5 Å². The Hall–Kier alpha value is -1.26. The lowest BCUT2D eigenvalue weighted by molar-refractivity contribution is -0.183. The van der Waals surface area contributed by atoms with E-state index < -0.39 is 0 Å². The maximum absolute atomic E-state index is 5.54. The van der Waals surface area contributed by atoms with Crippen molar-refractivity contribution in [2.45, 2.75) is 12.7 Å². The summed E-state index contributed by atoms with van der Waals surface area (Å²) < 4.78 is 21.5. The number of hydrogen-bond acceptors (Lipinski definition) is 4. The Morgan fingerprint density at radius 3 is 2.50 bits per heavy atom. The fraction of sp³-hybridized carbons (Fsp3) is 0.500. The van der Waals surface area contributed by atoms with E-state index in [4.69, 9.17) is 18.9 Å². The molecule has 0 atom stereocenters. The van der Waals surface area contributed by atoms with Crippen LogP contribution in [0.3, 0.4) is 0 Å². The third-order valence-corrected chi connectivity index (χ3v) is 2.52. The van der Waals surface area contributed by atoms with Crippen LogP contribution in [0.1, 0.15) is 18.3 Å². The third kappa shape index (κ3) is 2.28. The van der Waals surface area contributed by atoms with E-state index in [-0.39, 0.29) is 6.29 Å². The van der Waals surface area contributed by atoms with E-state index in [0.29, 0.717) is 0 Å². The van der Waals surface area contributed by atoms with Crippen LogP contribution in [0.15, 0.2) is 18.2 Å². The van der Waals surface area contributed by atoms with Crippen LogP contribution < -0.4 is 9.47 Å². The Kier molecular flexibility index (Phi) is 3.64. The highest BCUT2D eigenvalue weighted by Crippen LogP contribution is 2.33. The van der Waals surface area contributed by atoms with Crippen molar-refractivity contribution in [3.8, 4) is 11.5 Å². The van der Waals surface area contributed by atoms with Gasteiger partial charge in [0.2, 0.25) is 0 Å². The van der Waals surface area contributed by atoms with Crippen molar-refractivity contribution in [3.05, 3.63) is 23.8 Å². The number of rotatable bonds is 3. The lowest BCUT2D eigenvalue weighted by Crippen LogP contribution is -2.18. The minimum atomic E-state index is -0.324. The monoisotopic (exact) mass is 224 g/mol. The highest BCUT2D eigenvalue weighted by atomic mass is 16.7. The van der Waals surface area contributed by atoms with Crippen LogP contribution in [0.5, 0.6) is 11.5 Å². The van der Waals surface area contributed by atoms with Gasteiger partial charge in [0, 0.05) is 11.6 Å². The van der Waals surface area contributed by atoms with E-state index in [0.717, 1.165) is 36.7 Å². The predicted octanol–water partition coefficient (Wildman–Crippen LogP) is 2.14. The van der Waals surface area contributed by atoms with Gasteiger partial charge in [0.25, 0.3) is 0 Å². The van der Waals surface area contributed by atoms with Gasteiger partial charge >= 0.3 is 0 Å². The van der Waals surface area contributed by atoms with Crippen LogP contribution in [0.4, 0.5) is 0 Å². The Balaban J connectivity index is 2.24. The Labute approximate surface area is 95.1 Å². The van der Waals surface area contributed by atoms with Gasteiger partial charge in [-0.2, -0.15) is 0 Å². The van der Waals surface area contributed by atoms with Gasteiger partial charge in [0.05, 0.1) is 27.4 Å². The molecule has 1 aromatic carbocycles. The molecule has 0 saturated carbocycles. The van der Waals surface area contributed by atoms with Gasteiger partial charge in [0.15, 0.2) is 6.29 Å². The minimum absolute atomic E-state index is 0.324. The quantitative estimate of drug-likeness (QED) is 0.788. The molecule has 0 bridgehead atoms. The largest absolute Gasteiger partial charge is 0.497 e. The summed E-state index contributed by atoms with van der Waals surface area (Å²) in [5, 5.41) is 0. The SMILES string of the molecule is COc1ccc(C2OCCCO2)c(OC)c1. The van der Waals surface area contributed by atoms with Gasteiger partial charge in [-0.3, -0.25) is 0 Å². The molecular weight excluding hydrogens is 208 g/mol. The highest BCUT2D eigenvalue weighted by molar-refractivity contribution is 5.41. The van der Waals surface area contributed by atoms with Crippen molar-refractivity contribution in [1.29, 1.82) is 0 Å². The van der Waals surface area contributed by atoms with Gasteiger partial charge in [-0.1, -0.05) is 0 Å². The van der Waals surface area contributed by atoms with E-state index in [1.165, 1.54) is 0 Å². The number of ether oxygens (including phenoxy) is 4.